The Bertz CT molecular complexity index is 359. The lowest BCUT2D eigenvalue weighted by atomic mass is 10.2. The zero-order chi connectivity index (χ0) is 13.0. The lowest BCUT2D eigenvalue weighted by Crippen LogP contribution is -2.46. The van der Waals surface area contributed by atoms with E-state index < -0.39 is 0 Å². The summed E-state index contributed by atoms with van der Waals surface area (Å²) in [5.74, 6) is 0. The predicted octanol–water partition coefficient (Wildman–Crippen LogP) is 2.97. The molecule has 1 saturated heterocycles. The summed E-state index contributed by atoms with van der Waals surface area (Å²) in [4.78, 5) is 2.46. The topological polar surface area (TPSA) is 24.5 Å². The van der Waals surface area contributed by atoms with Gasteiger partial charge < -0.3 is 10.1 Å². The molecule has 1 aromatic rings. The average molecular weight is 313 g/mol. The normalized spacial score (nSPS) is 25.1. The predicted molar refractivity (Wildman–Crippen MR) is 79.1 cm³/mol. The minimum absolute atomic E-state index is 0.349. The van der Waals surface area contributed by atoms with Gasteiger partial charge in [-0.1, -0.05) is 15.9 Å². The van der Waals surface area contributed by atoms with E-state index in [1.165, 1.54) is 5.69 Å². The third kappa shape index (κ3) is 4.26. The number of ether oxygens (including phenoxy) is 1. The Labute approximate surface area is 118 Å². The maximum Gasteiger partial charge on any atom is 0.0678 e. The standard InChI is InChI=1S/C14H21BrN2O/c1-11-9-17(10-12(2)18-11)8-7-16-14-5-3-13(15)4-6-14/h3-6,11-12,16H,7-10H2,1-2H3/t11-,12+. The van der Waals surface area contributed by atoms with Crippen molar-refractivity contribution in [3.8, 4) is 0 Å². The first-order valence-corrected chi connectivity index (χ1v) is 7.30. The van der Waals surface area contributed by atoms with Crippen molar-refractivity contribution in [3.05, 3.63) is 28.7 Å². The van der Waals surface area contributed by atoms with E-state index in [2.05, 4.69) is 64.3 Å². The van der Waals surface area contributed by atoms with Crippen LogP contribution < -0.4 is 5.32 Å². The molecular weight excluding hydrogens is 292 g/mol. The van der Waals surface area contributed by atoms with E-state index in [-0.39, 0.29) is 0 Å². The van der Waals surface area contributed by atoms with Crippen molar-refractivity contribution < 1.29 is 4.74 Å². The van der Waals surface area contributed by atoms with Crippen molar-refractivity contribution in [1.29, 1.82) is 0 Å². The smallest absolute Gasteiger partial charge is 0.0678 e. The maximum absolute atomic E-state index is 5.73. The van der Waals surface area contributed by atoms with Gasteiger partial charge in [-0.2, -0.15) is 0 Å². The summed E-state index contributed by atoms with van der Waals surface area (Å²) in [7, 11) is 0. The number of rotatable bonds is 4. The Morgan fingerprint density at radius 3 is 2.44 bits per heavy atom. The number of hydrogen-bond donors (Lipinski definition) is 1. The zero-order valence-corrected chi connectivity index (χ0v) is 12.6. The largest absolute Gasteiger partial charge is 0.384 e. The number of halogens is 1. The fourth-order valence-corrected chi connectivity index (χ4v) is 2.66. The van der Waals surface area contributed by atoms with E-state index in [0.717, 1.165) is 30.7 Å². The Balaban J connectivity index is 1.73. The van der Waals surface area contributed by atoms with E-state index >= 15 is 0 Å². The van der Waals surface area contributed by atoms with Crippen molar-refractivity contribution in [3.63, 3.8) is 0 Å². The van der Waals surface area contributed by atoms with Crippen LogP contribution in [-0.4, -0.2) is 43.3 Å². The number of benzene rings is 1. The number of nitrogens with zero attached hydrogens (tertiary/aromatic N) is 1. The Morgan fingerprint density at radius 2 is 1.83 bits per heavy atom. The van der Waals surface area contributed by atoms with Crippen molar-refractivity contribution in [1.82, 2.24) is 4.90 Å². The fourth-order valence-electron chi connectivity index (χ4n) is 2.39. The van der Waals surface area contributed by atoms with Crippen LogP contribution in [0.3, 0.4) is 0 Å². The van der Waals surface area contributed by atoms with Gasteiger partial charge in [0.05, 0.1) is 12.2 Å². The first kappa shape index (κ1) is 13.8. The van der Waals surface area contributed by atoms with Crippen LogP contribution in [0.4, 0.5) is 5.69 Å². The summed E-state index contributed by atoms with van der Waals surface area (Å²) in [6, 6.07) is 8.30. The second kappa shape index (κ2) is 6.55. The first-order valence-electron chi connectivity index (χ1n) is 6.51. The van der Waals surface area contributed by atoms with Crippen LogP contribution in [0.2, 0.25) is 0 Å². The summed E-state index contributed by atoms with van der Waals surface area (Å²) < 4.78 is 6.84. The maximum atomic E-state index is 5.73. The van der Waals surface area contributed by atoms with Crippen molar-refractivity contribution in [2.45, 2.75) is 26.1 Å². The van der Waals surface area contributed by atoms with Crippen LogP contribution in [0.1, 0.15) is 13.8 Å². The molecule has 1 aliphatic rings. The van der Waals surface area contributed by atoms with Gasteiger partial charge in [-0.3, -0.25) is 4.90 Å². The molecule has 1 N–H and O–H groups in total. The van der Waals surface area contributed by atoms with Crippen molar-refractivity contribution in [2.24, 2.45) is 0 Å². The third-order valence-corrected chi connectivity index (χ3v) is 3.63. The molecule has 3 nitrogen and oxygen atoms in total. The average Bonchev–Trinajstić information content (AvgIpc) is 2.30. The minimum Gasteiger partial charge on any atom is -0.384 e. The van der Waals surface area contributed by atoms with Gasteiger partial charge in [0.25, 0.3) is 0 Å². The van der Waals surface area contributed by atoms with Crippen molar-refractivity contribution >= 4 is 21.6 Å². The summed E-state index contributed by atoms with van der Waals surface area (Å²) >= 11 is 3.44. The number of anilines is 1. The molecule has 18 heavy (non-hydrogen) atoms. The van der Waals surface area contributed by atoms with Crippen molar-refractivity contribution in [2.75, 3.05) is 31.5 Å². The van der Waals surface area contributed by atoms with E-state index in [4.69, 9.17) is 4.74 Å². The van der Waals surface area contributed by atoms with Gasteiger partial charge in [-0.25, -0.2) is 0 Å². The number of hydrogen-bond acceptors (Lipinski definition) is 3. The SMILES string of the molecule is C[C@@H]1CN(CCNc2ccc(Br)cc2)C[C@H](C)O1. The van der Waals surface area contributed by atoms with Gasteiger partial charge >= 0.3 is 0 Å². The quantitative estimate of drug-likeness (QED) is 0.925. The van der Waals surface area contributed by atoms with Crippen LogP contribution in [0.15, 0.2) is 28.7 Å². The van der Waals surface area contributed by atoms with Crippen LogP contribution in [-0.2, 0) is 4.74 Å². The van der Waals surface area contributed by atoms with Crippen LogP contribution >= 0.6 is 15.9 Å². The second-order valence-corrected chi connectivity index (χ2v) is 5.87. The molecule has 0 bridgehead atoms. The molecule has 0 spiro atoms. The molecule has 2 rings (SSSR count). The van der Waals surface area contributed by atoms with Gasteiger partial charge in [0, 0.05) is 36.3 Å². The van der Waals surface area contributed by atoms with E-state index in [9.17, 15) is 0 Å². The zero-order valence-electron chi connectivity index (χ0n) is 11.0. The second-order valence-electron chi connectivity index (χ2n) is 4.95. The van der Waals surface area contributed by atoms with E-state index in [1.54, 1.807) is 0 Å². The molecule has 1 heterocycles. The molecule has 0 aromatic heterocycles. The number of morpholine rings is 1. The van der Waals surface area contributed by atoms with Crippen LogP contribution in [0.5, 0.6) is 0 Å². The lowest BCUT2D eigenvalue weighted by Gasteiger charge is -2.35. The minimum atomic E-state index is 0.349. The Morgan fingerprint density at radius 1 is 1.22 bits per heavy atom. The fraction of sp³-hybridized carbons (Fsp3) is 0.571. The Hall–Kier alpha value is -0.580. The number of nitrogens with one attached hydrogen (secondary N) is 1. The van der Waals surface area contributed by atoms with Gasteiger partial charge in [0.1, 0.15) is 0 Å². The van der Waals surface area contributed by atoms with Gasteiger partial charge in [-0.05, 0) is 38.1 Å². The highest BCUT2D eigenvalue weighted by Gasteiger charge is 2.21. The molecule has 4 heteroatoms. The molecule has 1 aromatic carbocycles. The van der Waals surface area contributed by atoms with Gasteiger partial charge in [-0.15, -0.1) is 0 Å². The van der Waals surface area contributed by atoms with E-state index in [1.807, 2.05) is 0 Å². The molecular formula is C14H21BrN2O. The molecule has 0 amide bonds. The van der Waals surface area contributed by atoms with Crippen LogP contribution in [0.25, 0.3) is 0 Å². The molecule has 100 valence electrons. The Kier molecular flexibility index (Phi) is 5.03. The first-order chi connectivity index (χ1) is 8.63. The highest BCUT2D eigenvalue weighted by atomic mass is 79.9. The molecule has 1 aliphatic heterocycles. The molecule has 0 unspecified atom stereocenters. The molecule has 2 atom stereocenters. The molecule has 0 aliphatic carbocycles. The van der Waals surface area contributed by atoms with Gasteiger partial charge in [0.15, 0.2) is 0 Å². The van der Waals surface area contributed by atoms with E-state index in [0.29, 0.717) is 12.2 Å². The summed E-state index contributed by atoms with van der Waals surface area (Å²) in [6.45, 7) is 8.39. The highest BCUT2D eigenvalue weighted by molar-refractivity contribution is 9.10. The molecule has 0 radical (unpaired) electrons. The summed E-state index contributed by atoms with van der Waals surface area (Å²) in [5, 5.41) is 3.45. The third-order valence-electron chi connectivity index (χ3n) is 3.10. The summed E-state index contributed by atoms with van der Waals surface area (Å²) in [6.07, 6.45) is 0.697. The highest BCUT2D eigenvalue weighted by Crippen LogP contribution is 2.14. The van der Waals surface area contributed by atoms with Crippen LogP contribution in [0, 0.1) is 0 Å². The summed E-state index contributed by atoms with van der Waals surface area (Å²) in [5.41, 5.74) is 1.17. The lowest BCUT2D eigenvalue weighted by molar-refractivity contribution is -0.0667. The van der Waals surface area contributed by atoms with Gasteiger partial charge in [0.2, 0.25) is 0 Å². The monoisotopic (exact) mass is 312 g/mol. The molecule has 1 fully saturated rings. The molecule has 0 saturated carbocycles.